The zero-order chi connectivity index (χ0) is 22.0. The molecule has 0 aliphatic carbocycles. The van der Waals surface area contributed by atoms with Gasteiger partial charge in [0, 0.05) is 25.3 Å². The second-order valence-corrected chi connectivity index (χ2v) is 6.64. The van der Waals surface area contributed by atoms with Crippen molar-refractivity contribution in [2.24, 2.45) is 0 Å². The van der Waals surface area contributed by atoms with E-state index in [1.165, 1.54) is 30.0 Å². The Balaban J connectivity index is 1.93. The Bertz CT molecular complexity index is 1240. The van der Waals surface area contributed by atoms with Crippen LogP contribution in [0.5, 0.6) is 5.75 Å². The molecular weight excluding hydrogens is 406 g/mol. The van der Waals surface area contributed by atoms with Crippen LogP contribution in [0.4, 0.5) is 20.5 Å². The van der Waals surface area contributed by atoms with Crippen molar-refractivity contribution < 1.29 is 18.3 Å². The Labute approximate surface area is 176 Å². The third-order valence-electron chi connectivity index (χ3n) is 4.64. The Morgan fingerprint density at radius 2 is 1.94 bits per heavy atom. The van der Waals surface area contributed by atoms with Gasteiger partial charge in [-0.25, -0.2) is 18.4 Å². The number of nitrogens with zero attached hydrogens (tertiary/aromatic N) is 4. The van der Waals surface area contributed by atoms with E-state index in [-0.39, 0.29) is 28.7 Å². The molecule has 3 N–H and O–H groups in total. The Morgan fingerprint density at radius 1 is 1.10 bits per heavy atom. The topological polar surface area (TPSA) is 100 Å². The standard InChI is InChI=1S/C21H20F2N6O2/c1-30-9-8-25-21-26-18(15-7-6-14(31-2)11-16(15)23)17-19(24)29(28-20(17)27-21)13-5-3-4-12(22)10-13/h3-7,10-11H,8-9,24H2,1-2H3,(H,25,27,28). The van der Waals surface area contributed by atoms with E-state index in [1.54, 1.807) is 31.4 Å². The number of nitrogens with one attached hydrogen (secondary N) is 1. The molecule has 2 heterocycles. The Hall–Kier alpha value is -3.79. The molecule has 0 bridgehead atoms. The van der Waals surface area contributed by atoms with Crippen molar-refractivity contribution in [1.82, 2.24) is 19.7 Å². The molecule has 0 spiro atoms. The van der Waals surface area contributed by atoms with E-state index in [1.807, 2.05) is 0 Å². The summed E-state index contributed by atoms with van der Waals surface area (Å²) in [5, 5.41) is 7.79. The molecule has 4 rings (SSSR count). The summed E-state index contributed by atoms with van der Waals surface area (Å²) in [6.07, 6.45) is 0. The zero-order valence-corrected chi connectivity index (χ0v) is 16.9. The molecule has 31 heavy (non-hydrogen) atoms. The number of rotatable bonds is 7. The van der Waals surface area contributed by atoms with Crippen molar-refractivity contribution in [3.63, 3.8) is 0 Å². The maximum atomic E-state index is 14.9. The number of benzene rings is 2. The highest BCUT2D eigenvalue weighted by molar-refractivity contribution is 5.99. The van der Waals surface area contributed by atoms with Crippen LogP contribution in [0, 0.1) is 11.6 Å². The van der Waals surface area contributed by atoms with Crippen LogP contribution in [0.2, 0.25) is 0 Å². The fourth-order valence-electron chi connectivity index (χ4n) is 3.17. The van der Waals surface area contributed by atoms with E-state index >= 15 is 0 Å². The van der Waals surface area contributed by atoms with Crippen molar-refractivity contribution in [3.8, 4) is 22.7 Å². The van der Waals surface area contributed by atoms with E-state index in [0.717, 1.165) is 0 Å². The molecule has 0 unspecified atom stereocenters. The smallest absolute Gasteiger partial charge is 0.225 e. The minimum atomic E-state index is -0.542. The number of halogens is 2. The fraction of sp³-hybridized carbons (Fsp3) is 0.190. The van der Waals surface area contributed by atoms with Gasteiger partial charge in [-0.15, -0.1) is 5.10 Å². The van der Waals surface area contributed by atoms with Crippen LogP contribution in [0.25, 0.3) is 28.0 Å². The van der Waals surface area contributed by atoms with Gasteiger partial charge in [0.25, 0.3) is 0 Å². The maximum Gasteiger partial charge on any atom is 0.225 e. The molecule has 0 aliphatic rings. The summed E-state index contributed by atoms with van der Waals surface area (Å²) in [6.45, 7) is 0.861. The molecule has 0 fully saturated rings. The van der Waals surface area contributed by atoms with Gasteiger partial charge < -0.3 is 20.5 Å². The van der Waals surface area contributed by atoms with Gasteiger partial charge in [0.2, 0.25) is 5.95 Å². The van der Waals surface area contributed by atoms with Crippen molar-refractivity contribution >= 4 is 22.8 Å². The van der Waals surface area contributed by atoms with Crippen LogP contribution in [0.15, 0.2) is 42.5 Å². The van der Waals surface area contributed by atoms with E-state index in [2.05, 4.69) is 20.4 Å². The van der Waals surface area contributed by atoms with Gasteiger partial charge >= 0.3 is 0 Å². The molecule has 2 aromatic heterocycles. The molecule has 0 saturated carbocycles. The van der Waals surface area contributed by atoms with E-state index in [9.17, 15) is 8.78 Å². The molecule has 8 nitrogen and oxygen atoms in total. The zero-order valence-electron chi connectivity index (χ0n) is 16.9. The Kier molecular flexibility index (Phi) is 5.63. The first-order valence-electron chi connectivity index (χ1n) is 9.40. The van der Waals surface area contributed by atoms with Gasteiger partial charge in [0.05, 0.1) is 30.5 Å². The molecule has 10 heteroatoms. The predicted molar refractivity (Wildman–Crippen MR) is 113 cm³/mol. The third kappa shape index (κ3) is 3.97. The SMILES string of the molecule is COCCNc1nc(-c2ccc(OC)cc2F)c2c(N)n(-c3cccc(F)c3)nc2n1. The molecule has 160 valence electrons. The lowest BCUT2D eigenvalue weighted by molar-refractivity contribution is 0.210. The van der Waals surface area contributed by atoms with E-state index in [0.29, 0.717) is 30.0 Å². The largest absolute Gasteiger partial charge is 0.497 e. The number of nitrogens with two attached hydrogens (primary N) is 1. The number of nitrogen functional groups attached to an aromatic ring is 1. The summed E-state index contributed by atoms with van der Waals surface area (Å²) < 4.78 is 40.1. The molecule has 0 saturated heterocycles. The fourth-order valence-corrected chi connectivity index (χ4v) is 3.17. The summed E-state index contributed by atoms with van der Waals surface area (Å²) in [7, 11) is 3.03. The lowest BCUT2D eigenvalue weighted by atomic mass is 10.1. The van der Waals surface area contributed by atoms with Crippen LogP contribution < -0.4 is 15.8 Å². The molecule has 2 aromatic carbocycles. The first-order valence-corrected chi connectivity index (χ1v) is 9.40. The van der Waals surface area contributed by atoms with Crippen molar-refractivity contribution in [3.05, 3.63) is 54.1 Å². The number of methoxy groups -OCH3 is 2. The van der Waals surface area contributed by atoms with Crippen LogP contribution >= 0.6 is 0 Å². The average molecular weight is 426 g/mol. The van der Waals surface area contributed by atoms with Gasteiger partial charge in [-0.2, -0.15) is 4.98 Å². The second kappa shape index (κ2) is 8.52. The van der Waals surface area contributed by atoms with Gasteiger partial charge in [-0.3, -0.25) is 0 Å². The molecular formula is C21H20F2N6O2. The summed E-state index contributed by atoms with van der Waals surface area (Å²) >= 11 is 0. The van der Waals surface area contributed by atoms with Gasteiger partial charge in [-0.1, -0.05) is 6.07 Å². The summed E-state index contributed by atoms with van der Waals surface area (Å²) in [5.74, 6) is -0.215. The normalized spacial score (nSPS) is 11.1. The minimum absolute atomic E-state index is 0.161. The first kappa shape index (κ1) is 20.5. The summed E-state index contributed by atoms with van der Waals surface area (Å²) in [4.78, 5) is 8.87. The minimum Gasteiger partial charge on any atom is -0.497 e. The monoisotopic (exact) mass is 426 g/mol. The van der Waals surface area contributed by atoms with Gasteiger partial charge in [-0.05, 0) is 30.3 Å². The van der Waals surface area contributed by atoms with Crippen LogP contribution in [-0.2, 0) is 4.74 Å². The predicted octanol–water partition coefficient (Wildman–Crippen LogP) is 3.41. The van der Waals surface area contributed by atoms with Crippen LogP contribution in [-0.4, -0.2) is 47.1 Å². The number of aromatic nitrogens is 4. The highest BCUT2D eigenvalue weighted by Gasteiger charge is 2.21. The van der Waals surface area contributed by atoms with Crippen molar-refractivity contribution in [2.75, 3.05) is 38.4 Å². The quantitative estimate of drug-likeness (QED) is 0.437. The number of hydrogen-bond acceptors (Lipinski definition) is 7. The number of hydrogen-bond donors (Lipinski definition) is 2. The van der Waals surface area contributed by atoms with Crippen molar-refractivity contribution in [2.45, 2.75) is 0 Å². The van der Waals surface area contributed by atoms with E-state index < -0.39 is 11.6 Å². The molecule has 0 atom stereocenters. The maximum absolute atomic E-state index is 14.9. The second-order valence-electron chi connectivity index (χ2n) is 6.64. The van der Waals surface area contributed by atoms with Crippen molar-refractivity contribution in [1.29, 1.82) is 0 Å². The summed E-state index contributed by atoms with van der Waals surface area (Å²) in [5.41, 5.74) is 7.45. The Morgan fingerprint density at radius 3 is 2.65 bits per heavy atom. The van der Waals surface area contributed by atoms with Crippen LogP contribution in [0.3, 0.4) is 0 Å². The lowest BCUT2D eigenvalue weighted by Crippen LogP contribution is -2.11. The average Bonchev–Trinajstić information content (AvgIpc) is 3.10. The molecule has 4 aromatic rings. The summed E-state index contributed by atoms with van der Waals surface area (Å²) in [6, 6.07) is 10.2. The lowest BCUT2D eigenvalue weighted by Gasteiger charge is -2.10. The number of anilines is 2. The van der Waals surface area contributed by atoms with Gasteiger partial charge in [0.1, 0.15) is 23.2 Å². The molecule has 0 radical (unpaired) electrons. The number of ether oxygens (including phenoxy) is 2. The highest BCUT2D eigenvalue weighted by atomic mass is 19.1. The highest BCUT2D eigenvalue weighted by Crippen LogP contribution is 2.35. The van der Waals surface area contributed by atoms with Crippen LogP contribution in [0.1, 0.15) is 0 Å². The number of fused-ring (bicyclic) bond motifs is 1. The third-order valence-corrected chi connectivity index (χ3v) is 4.64. The molecule has 0 amide bonds. The first-order chi connectivity index (χ1) is 15.0. The van der Waals surface area contributed by atoms with Gasteiger partial charge in [0.15, 0.2) is 5.65 Å². The molecule has 0 aliphatic heterocycles. The van der Waals surface area contributed by atoms with E-state index in [4.69, 9.17) is 15.2 Å².